The van der Waals surface area contributed by atoms with E-state index < -0.39 is 0 Å². The first-order valence-corrected chi connectivity index (χ1v) is 3.38. The minimum absolute atomic E-state index is 0.699. The van der Waals surface area contributed by atoms with Crippen LogP contribution in [0.25, 0.3) is 0 Å². The Labute approximate surface area is 56.1 Å². The number of hydrogen-bond donors (Lipinski definition) is 0. The standard InChI is InChI=1S/C7H12N2/c1-6-3-9(5-8)4-7(6)2/h6-7H,3-4H2,1-2H3. The molecule has 2 atom stereocenters. The van der Waals surface area contributed by atoms with Crippen molar-refractivity contribution in [1.29, 1.82) is 5.26 Å². The summed E-state index contributed by atoms with van der Waals surface area (Å²) in [6, 6.07) is 0. The first kappa shape index (κ1) is 6.41. The van der Waals surface area contributed by atoms with E-state index >= 15 is 0 Å². The van der Waals surface area contributed by atoms with E-state index in [1.54, 1.807) is 0 Å². The van der Waals surface area contributed by atoms with E-state index in [1.165, 1.54) is 0 Å². The average molecular weight is 124 g/mol. The fourth-order valence-corrected chi connectivity index (χ4v) is 1.21. The monoisotopic (exact) mass is 124 g/mol. The highest BCUT2D eigenvalue weighted by atomic mass is 15.1. The van der Waals surface area contributed by atoms with Crippen LogP contribution in [-0.4, -0.2) is 18.0 Å². The van der Waals surface area contributed by atoms with Crippen LogP contribution in [0, 0.1) is 23.3 Å². The molecule has 2 nitrogen and oxygen atoms in total. The van der Waals surface area contributed by atoms with Crippen LogP contribution >= 0.6 is 0 Å². The Morgan fingerprint density at radius 3 is 2.00 bits per heavy atom. The predicted octanol–water partition coefficient (Wildman–Crippen LogP) is 1.06. The van der Waals surface area contributed by atoms with E-state index in [0.29, 0.717) is 11.8 Å². The molecule has 0 bridgehead atoms. The molecule has 1 fully saturated rings. The van der Waals surface area contributed by atoms with Crippen molar-refractivity contribution in [2.75, 3.05) is 13.1 Å². The van der Waals surface area contributed by atoms with Crippen molar-refractivity contribution in [2.45, 2.75) is 13.8 Å². The summed E-state index contributed by atoms with van der Waals surface area (Å²) < 4.78 is 0. The summed E-state index contributed by atoms with van der Waals surface area (Å²) in [5.41, 5.74) is 0. The molecule has 1 saturated heterocycles. The quantitative estimate of drug-likeness (QED) is 0.451. The molecule has 1 aliphatic heterocycles. The van der Waals surface area contributed by atoms with Crippen molar-refractivity contribution in [3.63, 3.8) is 0 Å². The third-order valence-electron chi connectivity index (χ3n) is 2.13. The highest BCUT2D eigenvalue weighted by Gasteiger charge is 2.24. The van der Waals surface area contributed by atoms with Gasteiger partial charge in [-0.1, -0.05) is 13.8 Å². The van der Waals surface area contributed by atoms with E-state index in [2.05, 4.69) is 20.0 Å². The second kappa shape index (κ2) is 2.26. The van der Waals surface area contributed by atoms with Gasteiger partial charge in [0.1, 0.15) is 0 Å². The Kier molecular flexibility index (Phi) is 1.61. The summed E-state index contributed by atoms with van der Waals surface area (Å²) in [4.78, 5) is 1.83. The van der Waals surface area contributed by atoms with Gasteiger partial charge >= 0.3 is 0 Å². The molecule has 1 heterocycles. The molecule has 0 aromatic carbocycles. The summed E-state index contributed by atoms with van der Waals surface area (Å²) in [5, 5.41) is 8.48. The molecule has 1 rings (SSSR count). The summed E-state index contributed by atoms with van der Waals surface area (Å²) in [6.45, 7) is 6.30. The first-order valence-electron chi connectivity index (χ1n) is 3.38. The van der Waals surface area contributed by atoms with Gasteiger partial charge in [-0.05, 0) is 11.8 Å². The highest BCUT2D eigenvalue weighted by Crippen LogP contribution is 2.20. The van der Waals surface area contributed by atoms with Gasteiger partial charge in [0, 0.05) is 13.1 Å². The van der Waals surface area contributed by atoms with Gasteiger partial charge in [0.2, 0.25) is 0 Å². The van der Waals surface area contributed by atoms with E-state index in [0.717, 1.165) is 13.1 Å². The van der Waals surface area contributed by atoms with Crippen molar-refractivity contribution in [2.24, 2.45) is 11.8 Å². The lowest BCUT2D eigenvalue weighted by Gasteiger charge is -2.02. The van der Waals surface area contributed by atoms with Crippen LogP contribution in [0.5, 0.6) is 0 Å². The lowest BCUT2D eigenvalue weighted by atomic mass is 10.0. The molecule has 0 amide bonds. The third-order valence-corrected chi connectivity index (χ3v) is 2.13. The first-order chi connectivity index (χ1) is 4.24. The largest absolute Gasteiger partial charge is 0.310 e. The maximum absolute atomic E-state index is 8.48. The zero-order chi connectivity index (χ0) is 6.85. The van der Waals surface area contributed by atoms with Crippen LogP contribution in [0.4, 0.5) is 0 Å². The molecule has 0 aromatic rings. The number of hydrogen-bond acceptors (Lipinski definition) is 2. The molecular weight excluding hydrogens is 112 g/mol. The molecular formula is C7H12N2. The maximum atomic E-state index is 8.48. The van der Waals surface area contributed by atoms with Gasteiger partial charge in [0.15, 0.2) is 6.19 Å². The van der Waals surface area contributed by atoms with Gasteiger partial charge in [-0.2, -0.15) is 5.26 Å². The Morgan fingerprint density at radius 2 is 1.78 bits per heavy atom. The van der Waals surface area contributed by atoms with E-state index in [4.69, 9.17) is 5.26 Å². The summed E-state index contributed by atoms with van der Waals surface area (Å²) in [5.74, 6) is 1.40. The molecule has 1 aliphatic rings. The maximum Gasteiger partial charge on any atom is 0.179 e. The normalized spacial score (nSPS) is 34.6. The summed E-state index contributed by atoms with van der Waals surface area (Å²) in [6.07, 6.45) is 2.16. The van der Waals surface area contributed by atoms with Gasteiger partial charge in [0.25, 0.3) is 0 Å². The second-order valence-electron chi connectivity index (χ2n) is 2.96. The molecule has 9 heavy (non-hydrogen) atoms. The molecule has 0 aromatic heterocycles. The van der Waals surface area contributed by atoms with Gasteiger partial charge in [0.05, 0.1) is 0 Å². The lowest BCUT2D eigenvalue weighted by molar-refractivity contribution is 0.464. The fraction of sp³-hybridized carbons (Fsp3) is 0.857. The van der Waals surface area contributed by atoms with Crippen LogP contribution in [-0.2, 0) is 0 Å². The van der Waals surface area contributed by atoms with Gasteiger partial charge in [-0.25, -0.2) is 0 Å². The molecule has 0 saturated carbocycles. The van der Waals surface area contributed by atoms with Gasteiger partial charge in [-0.3, -0.25) is 0 Å². The Balaban J connectivity index is 2.46. The third kappa shape index (κ3) is 1.16. The number of nitrogens with zero attached hydrogens (tertiary/aromatic N) is 2. The molecule has 0 spiro atoms. The van der Waals surface area contributed by atoms with E-state index in [9.17, 15) is 0 Å². The number of likely N-dealkylation sites (tertiary alicyclic amines) is 1. The SMILES string of the molecule is CC1CN(C#N)CC1C. The van der Waals surface area contributed by atoms with Crippen molar-refractivity contribution in [3.8, 4) is 6.19 Å². The Bertz CT molecular complexity index is 126. The van der Waals surface area contributed by atoms with Gasteiger partial charge in [-0.15, -0.1) is 0 Å². The van der Waals surface area contributed by atoms with Crippen molar-refractivity contribution in [3.05, 3.63) is 0 Å². The van der Waals surface area contributed by atoms with Crippen molar-refractivity contribution in [1.82, 2.24) is 4.90 Å². The summed E-state index contributed by atoms with van der Waals surface area (Å²) >= 11 is 0. The minimum atomic E-state index is 0.699. The van der Waals surface area contributed by atoms with Crippen molar-refractivity contribution < 1.29 is 0 Å². The Morgan fingerprint density at radius 1 is 1.33 bits per heavy atom. The van der Waals surface area contributed by atoms with Crippen LogP contribution in [0.15, 0.2) is 0 Å². The highest BCUT2D eigenvalue weighted by molar-refractivity contribution is 4.85. The molecule has 2 unspecified atom stereocenters. The molecule has 50 valence electrons. The lowest BCUT2D eigenvalue weighted by Crippen LogP contribution is -2.12. The van der Waals surface area contributed by atoms with Crippen LogP contribution in [0.2, 0.25) is 0 Å². The zero-order valence-corrected chi connectivity index (χ0v) is 5.96. The molecule has 0 radical (unpaired) electrons. The summed E-state index contributed by atoms with van der Waals surface area (Å²) in [7, 11) is 0. The number of nitriles is 1. The fourth-order valence-electron chi connectivity index (χ4n) is 1.21. The average Bonchev–Trinajstić information content (AvgIpc) is 2.13. The minimum Gasteiger partial charge on any atom is -0.310 e. The number of rotatable bonds is 0. The predicted molar refractivity (Wildman–Crippen MR) is 35.5 cm³/mol. The van der Waals surface area contributed by atoms with Crippen LogP contribution in [0.1, 0.15) is 13.8 Å². The topological polar surface area (TPSA) is 27.0 Å². The van der Waals surface area contributed by atoms with Crippen LogP contribution in [0.3, 0.4) is 0 Å². The molecule has 2 heteroatoms. The van der Waals surface area contributed by atoms with Gasteiger partial charge < -0.3 is 4.90 Å². The van der Waals surface area contributed by atoms with Crippen molar-refractivity contribution >= 4 is 0 Å². The molecule has 0 N–H and O–H groups in total. The second-order valence-corrected chi connectivity index (χ2v) is 2.96. The van der Waals surface area contributed by atoms with E-state index in [-0.39, 0.29) is 0 Å². The Hall–Kier alpha value is -0.710. The van der Waals surface area contributed by atoms with E-state index in [1.807, 2.05) is 4.90 Å². The van der Waals surface area contributed by atoms with Crippen LogP contribution < -0.4 is 0 Å². The zero-order valence-electron chi connectivity index (χ0n) is 5.96. The molecule has 0 aliphatic carbocycles. The smallest absolute Gasteiger partial charge is 0.179 e.